The number of rotatable bonds is 7. The summed E-state index contributed by atoms with van der Waals surface area (Å²) in [6.07, 6.45) is 3.18. The fraction of sp³-hybridized carbons (Fsp3) is 0.500. The van der Waals surface area contributed by atoms with E-state index in [2.05, 4.69) is 22.0 Å². The Morgan fingerprint density at radius 2 is 2.10 bits per heavy atom. The van der Waals surface area contributed by atoms with Gasteiger partial charge in [-0.1, -0.05) is 30.3 Å². The predicted octanol–water partition coefficient (Wildman–Crippen LogP) is 2.72. The summed E-state index contributed by atoms with van der Waals surface area (Å²) in [7, 11) is 0. The molecule has 21 heavy (non-hydrogen) atoms. The van der Waals surface area contributed by atoms with Gasteiger partial charge in [-0.25, -0.2) is 0 Å². The van der Waals surface area contributed by atoms with Gasteiger partial charge in [-0.05, 0) is 31.4 Å². The van der Waals surface area contributed by atoms with Gasteiger partial charge >= 0.3 is 0 Å². The van der Waals surface area contributed by atoms with Crippen LogP contribution in [0.4, 0.5) is 5.69 Å². The second-order valence-corrected chi connectivity index (χ2v) is 5.53. The van der Waals surface area contributed by atoms with Crippen LogP contribution < -0.4 is 4.90 Å². The number of anilines is 1. The molecule has 5 nitrogen and oxygen atoms in total. The van der Waals surface area contributed by atoms with E-state index >= 15 is 0 Å². The number of benzene rings is 1. The maximum absolute atomic E-state index is 9.63. The minimum absolute atomic E-state index is 0.0451. The predicted molar refractivity (Wildman–Crippen MR) is 80.1 cm³/mol. The molecular weight excluding hydrogens is 266 g/mol. The average Bonchev–Trinajstić information content (AvgIpc) is 3.28. The first-order chi connectivity index (χ1) is 10.3. The van der Waals surface area contributed by atoms with Gasteiger partial charge < -0.3 is 14.5 Å². The molecule has 2 aromatic rings. The zero-order valence-corrected chi connectivity index (χ0v) is 12.3. The number of aromatic nitrogens is 2. The highest BCUT2D eigenvalue weighted by atomic mass is 16.5. The SMILES string of the molecule is CCC(CO)N(Cc1nc(C2CC2)no1)c1ccccc1. The van der Waals surface area contributed by atoms with Crippen molar-refractivity contribution >= 4 is 5.69 Å². The summed E-state index contributed by atoms with van der Waals surface area (Å²) >= 11 is 0. The zero-order valence-electron chi connectivity index (χ0n) is 12.3. The molecule has 1 saturated carbocycles. The number of nitrogens with zero attached hydrogens (tertiary/aromatic N) is 3. The van der Waals surface area contributed by atoms with Crippen molar-refractivity contribution in [2.24, 2.45) is 0 Å². The van der Waals surface area contributed by atoms with Gasteiger partial charge in [0.05, 0.1) is 19.2 Å². The lowest BCUT2D eigenvalue weighted by Crippen LogP contribution is -2.37. The van der Waals surface area contributed by atoms with Crippen molar-refractivity contribution in [2.45, 2.75) is 44.7 Å². The summed E-state index contributed by atoms with van der Waals surface area (Å²) < 4.78 is 5.37. The molecule has 0 aliphatic heterocycles. The minimum atomic E-state index is 0.0451. The van der Waals surface area contributed by atoms with Gasteiger partial charge in [0, 0.05) is 11.6 Å². The molecule has 3 rings (SSSR count). The summed E-state index contributed by atoms with van der Waals surface area (Å²) in [4.78, 5) is 6.62. The first kappa shape index (κ1) is 14.1. The van der Waals surface area contributed by atoms with Gasteiger partial charge in [0.25, 0.3) is 0 Å². The molecule has 0 radical (unpaired) electrons. The van der Waals surface area contributed by atoms with Crippen molar-refractivity contribution in [2.75, 3.05) is 11.5 Å². The number of hydrogen-bond donors (Lipinski definition) is 1. The number of aliphatic hydroxyl groups is 1. The van der Waals surface area contributed by atoms with Crippen molar-refractivity contribution in [1.82, 2.24) is 10.1 Å². The summed E-state index contributed by atoms with van der Waals surface area (Å²) in [5, 5.41) is 13.7. The van der Waals surface area contributed by atoms with Crippen LogP contribution in [0.5, 0.6) is 0 Å². The molecule has 1 aromatic heterocycles. The van der Waals surface area contributed by atoms with Crippen molar-refractivity contribution in [3.63, 3.8) is 0 Å². The van der Waals surface area contributed by atoms with E-state index in [1.807, 2.05) is 30.3 Å². The van der Waals surface area contributed by atoms with Crippen molar-refractivity contribution in [3.05, 3.63) is 42.0 Å². The van der Waals surface area contributed by atoms with Crippen LogP contribution in [-0.4, -0.2) is 27.9 Å². The Morgan fingerprint density at radius 1 is 1.33 bits per heavy atom. The maximum atomic E-state index is 9.63. The first-order valence-corrected chi connectivity index (χ1v) is 7.56. The Morgan fingerprint density at radius 3 is 2.71 bits per heavy atom. The minimum Gasteiger partial charge on any atom is -0.394 e. The third-order valence-electron chi connectivity index (χ3n) is 3.94. The molecular formula is C16H21N3O2. The Hall–Kier alpha value is -1.88. The summed E-state index contributed by atoms with van der Waals surface area (Å²) in [6, 6.07) is 10.1. The van der Waals surface area contributed by atoms with Gasteiger partial charge in [-0.2, -0.15) is 4.98 Å². The van der Waals surface area contributed by atoms with E-state index in [4.69, 9.17) is 4.52 Å². The second-order valence-electron chi connectivity index (χ2n) is 5.53. The molecule has 0 bridgehead atoms. The maximum Gasteiger partial charge on any atom is 0.246 e. The molecule has 1 heterocycles. The fourth-order valence-corrected chi connectivity index (χ4v) is 2.48. The summed E-state index contributed by atoms with van der Waals surface area (Å²) in [5.74, 6) is 1.94. The highest BCUT2D eigenvalue weighted by Crippen LogP contribution is 2.38. The summed E-state index contributed by atoms with van der Waals surface area (Å²) in [5.41, 5.74) is 1.06. The lowest BCUT2D eigenvalue weighted by atomic mass is 10.1. The Labute approximate surface area is 124 Å². The van der Waals surface area contributed by atoms with Crippen molar-refractivity contribution in [3.8, 4) is 0 Å². The molecule has 1 N–H and O–H groups in total. The van der Waals surface area contributed by atoms with E-state index in [0.717, 1.165) is 30.8 Å². The molecule has 112 valence electrons. The van der Waals surface area contributed by atoms with E-state index in [1.54, 1.807) is 0 Å². The quantitative estimate of drug-likeness (QED) is 0.848. The standard InChI is InChI=1S/C16H21N3O2/c1-2-13(11-20)19(14-6-4-3-5-7-14)10-15-17-16(18-21-15)12-8-9-12/h3-7,12-13,20H,2,8-11H2,1H3. The lowest BCUT2D eigenvalue weighted by molar-refractivity contribution is 0.251. The van der Waals surface area contributed by atoms with E-state index in [1.165, 1.54) is 0 Å². The molecule has 5 heteroatoms. The third-order valence-corrected chi connectivity index (χ3v) is 3.94. The van der Waals surface area contributed by atoms with E-state index in [-0.39, 0.29) is 12.6 Å². The van der Waals surface area contributed by atoms with Crippen molar-refractivity contribution in [1.29, 1.82) is 0 Å². The van der Waals surface area contributed by atoms with Gasteiger partial charge in [-0.15, -0.1) is 0 Å². The van der Waals surface area contributed by atoms with Crippen LogP contribution in [0.25, 0.3) is 0 Å². The average molecular weight is 287 g/mol. The lowest BCUT2D eigenvalue weighted by Gasteiger charge is -2.30. The van der Waals surface area contributed by atoms with E-state index < -0.39 is 0 Å². The third kappa shape index (κ3) is 3.24. The van der Waals surface area contributed by atoms with E-state index in [0.29, 0.717) is 18.4 Å². The van der Waals surface area contributed by atoms with Gasteiger partial charge in [0.15, 0.2) is 5.82 Å². The van der Waals surface area contributed by atoms with Crippen molar-refractivity contribution < 1.29 is 9.63 Å². The molecule has 1 atom stereocenters. The largest absolute Gasteiger partial charge is 0.394 e. The van der Waals surface area contributed by atoms with Gasteiger partial charge in [0.1, 0.15) is 0 Å². The number of para-hydroxylation sites is 1. The highest BCUT2D eigenvalue weighted by Gasteiger charge is 2.29. The Balaban J connectivity index is 1.80. The molecule has 1 aliphatic carbocycles. The molecule has 0 saturated heterocycles. The molecule has 1 fully saturated rings. The second kappa shape index (κ2) is 6.26. The zero-order chi connectivity index (χ0) is 14.7. The van der Waals surface area contributed by atoms with Gasteiger partial charge in [0.2, 0.25) is 5.89 Å². The molecule has 0 spiro atoms. The fourth-order valence-electron chi connectivity index (χ4n) is 2.48. The van der Waals surface area contributed by atoms with Crippen LogP contribution in [0.15, 0.2) is 34.9 Å². The van der Waals surface area contributed by atoms with Crippen LogP contribution in [0.1, 0.15) is 43.8 Å². The van der Waals surface area contributed by atoms with Crippen LogP contribution >= 0.6 is 0 Å². The highest BCUT2D eigenvalue weighted by molar-refractivity contribution is 5.47. The smallest absolute Gasteiger partial charge is 0.246 e. The molecule has 1 aliphatic rings. The normalized spacial score (nSPS) is 15.9. The Bertz CT molecular complexity index is 562. The van der Waals surface area contributed by atoms with Crippen LogP contribution in [0, 0.1) is 0 Å². The first-order valence-electron chi connectivity index (χ1n) is 7.56. The van der Waals surface area contributed by atoms with Gasteiger partial charge in [-0.3, -0.25) is 0 Å². The van der Waals surface area contributed by atoms with E-state index in [9.17, 15) is 5.11 Å². The topological polar surface area (TPSA) is 62.4 Å². The molecule has 0 amide bonds. The van der Waals surface area contributed by atoms with Crippen LogP contribution in [0.2, 0.25) is 0 Å². The number of hydrogen-bond acceptors (Lipinski definition) is 5. The molecule has 1 unspecified atom stereocenters. The molecule has 1 aromatic carbocycles. The van der Waals surface area contributed by atoms with Crippen LogP contribution in [-0.2, 0) is 6.54 Å². The monoisotopic (exact) mass is 287 g/mol. The van der Waals surface area contributed by atoms with Crippen LogP contribution in [0.3, 0.4) is 0 Å². The Kier molecular flexibility index (Phi) is 4.20. The number of aliphatic hydroxyl groups excluding tert-OH is 1. The summed E-state index contributed by atoms with van der Waals surface area (Å²) in [6.45, 7) is 2.71.